The lowest BCUT2D eigenvalue weighted by Gasteiger charge is -2.16. The van der Waals surface area contributed by atoms with Crippen molar-refractivity contribution >= 4 is 17.3 Å². The Labute approximate surface area is 114 Å². The smallest absolute Gasteiger partial charge is 0.227 e. The molecule has 1 aromatic carbocycles. The van der Waals surface area contributed by atoms with Crippen LogP contribution in [0.5, 0.6) is 0 Å². The number of carbonyl (C=O) groups excluding carboxylic acids is 1. The molecule has 1 amide bonds. The number of carbonyl (C=O) groups is 1. The molecule has 19 heavy (non-hydrogen) atoms. The van der Waals surface area contributed by atoms with E-state index in [0.717, 1.165) is 50.1 Å². The van der Waals surface area contributed by atoms with Gasteiger partial charge in [-0.3, -0.25) is 4.79 Å². The zero-order valence-corrected chi connectivity index (χ0v) is 11.3. The number of aliphatic hydroxyl groups excluding tert-OH is 1. The predicted octanol–water partition coefficient (Wildman–Crippen LogP) is 2.39. The van der Waals surface area contributed by atoms with E-state index in [4.69, 9.17) is 5.11 Å². The maximum Gasteiger partial charge on any atom is 0.227 e. The van der Waals surface area contributed by atoms with Crippen molar-refractivity contribution in [3.8, 4) is 0 Å². The Morgan fingerprint density at radius 2 is 1.95 bits per heavy atom. The molecule has 1 saturated heterocycles. The minimum Gasteiger partial charge on any atom is -0.396 e. The predicted molar refractivity (Wildman–Crippen MR) is 77.5 cm³/mol. The van der Waals surface area contributed by atoms with E-state index in [-0.39, 0.29) is 12.5 Å². The number of amides is 1. The zero-order chi connectivity index (χ0) is 13.5. The van der Waals surface area contributed by atoms with Crippen molar-refractivity contribution in [2.75, 3.05) is 29.9 Å². The summed E-state index contributed by atoms with van der Waals surface area (Å²) in [5.41, 5.74) is 2.08. The maximum atomic E-state index is 11.6. The summed E-state index contributed by atoms with van der Waals surface area (Å²) in [7, 11) is 0. The highest BCUT2D eigenvalue weighted by Gasteiger charge is 2.21. The first-order valence-corrected chi connectivity index (χ1v) is 7.06. The minimum absolute atomic E-state index is 0.227. The van der Waals surface area contributed by atoms with Gasteiger partial charge in [-0.1, -0.05) is 0 Å². The number of hydrogen-bond donors (Lipinski definition) is 2. The normalized spacial score (nSPS) is 15.0. The molecular weight excluding hydrogens is 240 g/mol. The molecule has 1 aromatic rings. The van der Waals surface area contributed by atoms with Gasteiger partial charge in [-0.2, -0.15) is 0 Å². The van der Waals surface area contributed by atoms with E-state index in [0.29, 0.717) is 6.42 Å². The van der Waals surface area contributed by atoms with Crippen LogP contribution in [0, 0.1) is 0 Å². The third-order valence-corrected chi connectivity index (χ3v) is 3.42. The molecular formula is C15H22N2O2. The van der Waals surface area contributed by atoms with Crippen LogP contribution in [0.25, 0.3) is 0 Å². The highest BCUT2D eigenvalue weighted by molar-refractivity contribution is 5.95. The number of rotatable bonds is 7. The molecule has 0 bridgehead atoms. The van der Waals surface area contributed by atoms with Gasteiger partial charge in [0.25, 0.3) is 0 Å². The molecule has 0 aromatic heterocycles. The maximum absolute atomic E-state index is 11.6. The summed E-state index contributed by atoms with van der Waals surface area (Å²) in [5.74, 6) is 0.227. The quantitative estimate of drug-likeness (QED) is 0.742. The summed E-state index contributed by atoms with van der Waals surface area (Å²) in [6.45, 7) is 2.04. The summed E-state index contributed by atoms with van der Waals surface area (Å²) >= 11 is 0. The Morgan fingerprint density at radius 1 is 1.16 bits per heavy atom. The van der Waals surface area contributed by atoms with Gasteiger partial charge in [-0.15, -0.1) is 0 Å². The van der Waals surface area contributed by atoms with Crippen LogP contribution in [0.4, 0.5) is 11.4 Å². The molecule has 0 unspecified atom stereocenters. The number of hydrogen-bond acceptors (Lipinski definition) is 3. The summed E-state index contributed by atoms with van der Waals surface area (Å²) in [4.78, 5) is 13.5. The van der Waals surface area contributed by atoms with Crippen molar-refractivity contribution in [3.05, 3.63) is 24.3 Å². The van der Waals surface area contributed by atoms with Gasteiger partial charge in [-0.25, -0.2) is 0 Å². The van der Waals surface area contributed by atoms with Crippen molar-refractivity contribution in [1.82, 2.24) is 0 Å². The Morgan fingerprint density at radius 3 is 2.58 bits per heavy atom. The first-order valence-electron chi connectivity index (χ1n) is 7.06. The van der Waals surface area contributed by atoms with E-state index < -0.39 is 0 Å². The van der Waals surface area contributed by atoms with Crippen molar-refractivity contribution in [2.45, 2.75) is 32.1 Å². The lowest BCUT2D eigenvalue weighted by molar-refractivity contribution is -0.117. The molecule has 0 aliphatic carbocycles. The van der Waals surface area contributed by atoms with Gasteiger partial charge in [0.1, 0.15) is 0 Å². The fourth-order valence-electron chi connectivity index (χ4n) is 2.33. The fourth-order valence-corrected chi connectivity index (χ4v) is 2.33. The minimum atomic E-state index is 0.227. The Hall–Kier alpha value is -1.55. The van der Waals surface area contributed by atoms with E-state index in [1.54, 1.807) is 0 Å². The number of nitrogens with one attached hydrogen (secondary N) is 1. The highest BCUT2D eigenvalue weighted by Crippen LogP contribution is 2.22. The standard InChI is InChI=1S/C15H22N2O2/c18-12-3-1-2-10-16-13-6-8-14(9-7-13)17-11-4-5-15(17)19/h6-9,16,18H,1-5,10-12H2. The first-order chi connectivity index (χ1) is 9.31. The van der Waals surface area contributed by atoms with Crippen LogP contribution in [0.3, 0.4) is 0 Å². The topological polar surface area (TPSA) is 52.6 Å². The molecule has 4 nitrogen and oxygen atoms in total. The van der Waals surface area contributed by atoms with Gasteiger partial charge in [-0.05, 0) is 49.9 Å². The average molecular weight is 262 g/mol. The van der Waals surface area contributed by atoms with E-state index in [1.807, 2.05) is 29.2 Å². The number of anilines is 2. The molecule has 2 rings (SSSR count). The molecule has 104 valence electrons. The van der Waals surface area contributed by atoms with Crippen LogP contribution >= 0.6 is 0 Å². The van der Waals surface area contributed by atoms with Crippen LogP contribution in [0.1, 0.15) is 32.1 Å². The Bertz CT molecular complexity index is 403. The zero-order valence-electron chi connectivity index (χ0n) is 11.3. The van der Waals surface area contributed by atoms with Gasteiger partial charge in [0.2, 0.25) is 5.91 Å². The lowest BCUT2D eigenvalue weighted by atomic mass is 10.2. The van der Waals surface area contributed by atoms with Gasteiger partial charge < -0.3 is 15.3 Å². The largest absolute Gasteiger partial charge is 0.396 e. The van der Waals surface area contributed by atoms with E-state index in [2.05, 4.69) is 5.32 Å². The van der Waals surface area contributed by atoms with E-state index in [1.165, 1.54) is 0 Å². The van der Waals surface area contributed by atoms with Gasteiger partial charge >= 0.3 is 0 Å². The second kappa shape index (κ2) is 7.14. The first kappa shape index (κ1) is 13.9. The van der Waals surface area contributed by atoms with Crippen LogP contribution in [-0.2, 0) is 4.79 Å². The van der Waals surface area contributed by atoms with Crippen LogP contribution in [-0.4, -0.2) is 30.7 Å². The highest BCUT2D eigenvalue weighted by atomic mass is 16.2. The molecule has 4 heteroatoms. The third kappa shape index (κ3) is 3.96. The van der Waals surface area contributed by atoms with Crippen LogP contribution in [0.2, 0.25) is 0 Å². The Kier molecular flexibility index (Phi) is 5.21. The van der Waals surface area contributed by atoms with Crippen molar-refractivity contribution in [2.24, 2.45) is 0 Å². The summed E-state index contributed by atoms with van der Waals surface area (Å²) in [6.07, 6.45) is 4.61. The summed E-state index contributed by atoms with van der Waals surface area (Å²) in [6, 6.07) is 8.04. The molecule has 0 saturated carbocycles. The molecule has 0 atom stereocenters. The third-order valence-electron chi connectivity index (χ3n) is 3.42. The molecule has 1 aliphatic rings. The Balaban J connectivity index is 1.79. The lowest BCUT2D eigenvalue weighted by Crippen LogP contribution is -2.23. The summed E-state index contributed by atoms with van der Waals surface area (Å²) < 4.78 is 0. The fraction of sp³-hybridized carbons (Fsp3) is 0.533. The van der Waals surface area contributed by atoms with E-state index >= 15 is 0 Å². The van der Waals surface area contributed by atoms with Gasteiger partial charge in [0, 0.05) is 37.5 Å². The SMILES string of the molecule is O=C1CCCN1c1ccc(NCCCCCO)cc1. The number of nitrogens with zero attached hydrogens (tertiary/aromatic N) is 1. The molecule has 2 N–H and O–H groups in total. The molecule has 1 heterocycles. The van der Waals surface area contributed by atoms with Crippen LogP contribution < -0.4 is 10.2 Å². The second-order valence-electron chi connectivity index (χ2n) is 4.91. The average Bonchev–Trinajstić information content (AvgIpc) is 2.86. The number of unbranched alkanes of at least 4 members (excludes halogenated alkanes) is 2. The van der Waals surface area contributed by atoms with Crippen molar-refractivity contribution in [3.63, 3.8) is 0 Å². The number of aliphatic hydroxyl groups is 1. The molecule has 0 radical (unpaired) electrons. The van der Waals surface area contributed by atoms with E-state index in [9.17, 15) is 4.79 Å². The molecule has 1 fully saturated rings. The van der Waals surface area contributed by atoms with Gasteiger partial charge in [0.05, 0.1) is 0 Å². The van der Waals surface area contributed by atoms with Crippen molar-refractivity contribution in [1.29, 1.82) is 0 Å². The second-order valence-corrected chi connectivity index (χ2v) is 4.91. The summed E-state index contributed by atoms with van der Waals surface area (Å²) in [5, 5.41) is 12.0. The molecule has 0 spiro atoms. The number of benzene rings is 1. The van der Waals surface area contributed by atoms with Gasteiger partial charge in [0.15, 0.2) is 0 Å². The van der Waals surface area contributed by atoms with Crippen LogP contribution in [0.15, 0.2) is 24.3 Å². The monoisotopic (exact) mass is 262 g/mol. The van der Waals surface area contributed by atoms with Crippen molar-refractivity contribution < 1.29 is 9.90 Å². The molecule has 1 aliphatic heterocycles.